The summed E-state index contributed by atoms with van der Waals surface area (Å²) in [4.78, 5) is 43.2. The van der Waals surface area contributed by atoms with Crippen LogP contribution in [0, 0.1) is 0 Å². The van der Waals surface area contributed by atoms with Gasteiger partial charge in [0.05, 0.1) is 6.04 Å². The molecule has 0 aromatic heterocycles. The Balaban J connectivity index is 1.63. The molecule has 1 aromatic rings. The predicted molar refractivity (Wildman–Crippen MR) is 102 cm³/mol. The van der Waals surface area contributed by atoms with Gasteiger partial charge in [-0.05, 0) is 43.9 Å². The monoisotopic (exact) mass is 369 g/mol. The van der Waals surface area contributed by atoms with E-state index in [0.717, 1.165) is 56.3 Å². The minimum atomic E-state index is -0.661. The third-order valence-corrected chi connectivity index (χ3v) is 6.56. The van der Waals surface area contributed by atoms with E-state index in [9.17, 15) is 14.4 Å². The lowest BCUT2D eigenvalue weighted by molar-refractivity contribution is -0.135. The number of nitrogens with zero attached hydrogens (tertiary/aromatic N) is 3. The summed E-state index contributed by atoms with van der Waals surface area (Å²) < 4.78 is 0. The molecule has 3 fully saturated rings. The van der Waals surface area contributed by atoms with Crippen molar-refractivity contribution in [2.75, 3.05) is 18.5 Å². The van der Waals surface area contributed by atoms with Crippen LogP contribution in [-0.4, -0.2) is 46.8 Å². The van der Waals surface area contributed by atoms with Crippen molar-refractivity contribution >= 4 is 23.5 Å². The highest BCUT2D eigenvalue weighted by Crippen LogP contribution is 2.42. The molecular weight excluding hydrogens is 342 g/mol. The Morgan fingerprint density at radius 3 is 2.44 bits per heavy atom. The van der Waals surface area contributed by atoms with Gasteiger partial charge in [0, 0.05) is 25.7 Å². The van der Waals surface area contributed by atoms with Crippen LogP contribution < -0.4 is 4.90 Å². The fourth-order valence-electron chi connectivity index (χ4n) is 4.85. The summed E-state index contributed by atoms with van der Waals surface area (Å²) in [6, 6.07) is 7.13. The van der Waals surface area contributed by atoms with Crippen molar-refractivity contribution in [3.05, 3.63) is 29.8 Å². The maximum Gasteiger partial charge on any atom is 0.327 e. The van der Waals surface area contributed by atoms with Crippen molar-refractivity contribution in [1.82, 2.24) is 9.80 Å². The van der Waals surface area contributed by atoms with Crippen molar-refractivity contribution in [3.8, 4) is 0 Å². The maximum atomic E-state index is 13.3. The van der Waals surface area contributed by atoms with E-state index in [1.807, 2.05) is 31.2 Å². The number of anilines is 1. The van der Waals surface area contributed by atoms with Gasteiger partial charge in [-0.15, -0.1) is 0 Å². The van der Waals surface area contributed by atoms with Gasteiger partial charge in [0.15, 0.2) is 0 Å². The van der Waals surface area contributed by atoms with Gasteiger partial charge in [0.1, 0.15) is 5.54 Å². The predicted octanol–water partition coefficient (Wildman–Crippen LogP) is 3.47. The summed E-state index contributed by atoms with van der Waals surface area (Å²) >= 11 is 0. The number of carbonyl (C=O) groups is 3. The zero-order valence-electron chi connectivity index (χ0n) is 16.1. The van der Waals surface area contributed by atoms with Crippen molar-refractivity contribution in [1.29, 1.82) is 0 Å². The Kier molecular flexibility index (Phi) is 4.44. The van der Waals surface area contributed by atoms with Crippen LogP contribution in [0.2, 0.25) is 0 Å². The van der Waals surface area contributed by atoms with Gasteiger partial charge in [0.2, 0.25) is 5.91 Å². The van der Waals surface area contributed by atoms with Crippen molar-refractivity contribution in [3.63, 3.8) is 0 Å². The van der Waals surface area contributed by atoms with Crippen molar-refractivity contribution in [2.45, 2.75) is 63.5 Å². The van der Waals surface area contributed by atoms with Crippen LogP contribution >= 0.6 is 0 Å². The molecule has 2 saturated heterocycles. The summed E-state index contributed by atoms with van der Waals surface area (Å²) in [6.07, 6.45) is 6.04. The molecule has 1 saturated carbocycles. The largest absolute Gasteiger partial charge is 0.327 e. The first-order chi connectivity index (χ1) is 13.0. The third kappa shape index (κ3) is 2.73. The molecule has 1 aromatic carbocycles. The van der Waals surface area contributed by atoms with E-state index in [1.54, 1.807) is 16.8 Å². The minimum absolute atomic E-state index is 0.0650. The van der Waals surface area contributed by atoms with Gasteiger partial charge in [0.25, 0.3) is 5.91 Å². The van der Waals surface area contributed by atoms with Crippen LogP contribution in [0.3, 0.4) is 0 Å². The number of likely N-dealkylation sites (N-methyl/N-ethyl adjacent to an activating group) is 1. The Bertz CT molecular complexity index is 785. The van der Waals surface area contributed by atoms with Crippen LogP contribution in [0.15, 0.2) is 24.3 Å². The lowest BCUT2D eigenvalue weighted by atomic mass is 9.80. The molecule has 6 nitrogen and oxygen atoms in total. The molecule has 1 unspecified atom stereocenters. The molecule has 4 amide bonds. The lowest BCUT2D eigenvalue weighted by Crippen LogP contribution is -2.49. The van der Waals surface area contributed by atoms with E-state index in [2.05, 4.69) is 0 Å². The average Bonchev–Trinajstić information content (AvgIpc) is 3.19. The van der Waals surface area contributed by atoms with E-state index in [-0.39, 0.29) is 23.9 Å². The molecule has 0 bridgehead atoms. The van der Waals surface area contributed by atoms with E-state index >= 15 is 0 Å². The fraction of sp³-hybridized carbons (Fsp3) is 0.571. The van der Waals surface area contributed by atoms with Crippen molar-refractivity contribution in [2.24, 2.45) is 0 Å². The Hall–Kier alpha value is -2.37. The van der Waals surface area contributed by atoms with E-state index < -0.39 is 5.54 Å². The first kappa shape index (κ1) is 18.0. The number of hydrogen-bond donors (Lipinski definition) is 0. The first-order valence-corrected chi connectivity index (χ1v) is 9.97. The molecule has 3 aliphatic rings. The smallest absolute Gasteiger partial charge is 0.313 e. The highest BCUT2D eigenvalue weighted by Gasteiger charge is 2.56. The molecule has 0 radical (unpaired) electrons. The van der Waals surface area contributed by atoms with E-state index in [0.29, 0.717) is 6.42 Å². The molecule has 1 spiro atoms. The number of hydrogen-bond acceptors (Lipinski definition) is 3. The average molecular weight is 369 g/mol. The standard InChI is InChI=1S/C21H27N3O3/c1-15(16-8-6-9-17(14-16)23-13-7-10-18(23)25)24-19(26)21(22(2)20(24)27)11-4-3-5-12-21/h6,8-9,14-15H,3-5,7,10-13H2,1-2H3. The van der Waals surface area contributed by atoms with Gasteiger partial charge in [-0.3, -0.25) is 14.5 Å². The van der Waals surface area contributed by atoms with Gasteiger partial charge < -0.3 is 9.80 Å². The summed E-state index contributed by atoms with van der Waals surface area (Å²) in [5.74, 6) is 0.0684. The Labute approximate surface area is 160 Å². The molecule has 1 aliphatic carbocycles. The van der Waals surface area contributed by atoms with Crippen molar-refractivity contribution < 1.29 is 14.4 Å². The van der Waals surface area contributed by atoms with Gasteiger partial charge in [-0.1, -0.05) is 31.4 Å². The highest BCUT2D eigenvalue weighted by atomic mass is 16.2. The van der Waals surface area contributed by atoms with Crippen LogP contribution in [-0.2, 0) is 9.59 Å². The molecule has 1 atom stereocenters. The third-order valence-electron chi connectivity index (χ3n) is 6.56. The minimum Gasteiger partial charge on any atom is -0.313 e. The number of rotatable bonds is 3. The molecule has 2 heterocycles. The molecule has 144 valence electrons. The zero-order valence-corrected chi connectivity index (χ0v) is 16.1. The first-order valence-electron chi connectivity index (χ1n) is 9.97. The highest BCUT2D eigenvalue weighted by molar-refractivity contribution is 6.07. The number of carbonyl (C=O) groups excluding carboxylic acids is 3. The topological polar surface area (TPSA) is 60.9 Å². The maximum absolute atomic E-state index is 13.3. The zero-order chi connectivity index (χ0) is 19.2. The lowest BCUT2D eigenvalue weighted by Gasteiger charge is -2.36. The second-order valence-corrected chi connectivity index (χ2v) is 8.03. The van der Waals surface area contributed by atoms with Gasteiger partial charge >= 0.3 is 6.03 Å². The van der Waals surface area contributed by atoms with Crippen LogP contribution in [0.1, 0.15) is 63.5 Å². The summed E-state index contributed by atoms with van der Waals surface area (Å²) in [5, 5.41) is 0. The molecule has 27 heavy (non-hydrogen) atoms. The van der Waals surface area contributed by atoms with Crippen LogP contribution in [0.5, 0.6) is 0 Å². The number of urea groups is 1. The molecule has 6 heteroatoms. The number of imide groups is 1. The SMILES string of the molecule is CC(c1cccc(N2CCCC2=O)c1)N1C(=O)N(C)C2(CCCCC2)C1=O. The van der Waals surface area contributed by atoms with E-state index in [1.165, 1.54) is 4.90 Å². The second-order valence-electron chi connectivity index (χ2n) is 8.03. The van der Waals surface area contributed by atoms with Gasteiger partial charge in [-0.25, -0.2) is 4.79 Å². The molecule has 2 aliphatic heterocycles. The Morgan fingerprint density at radius 1 is 1.04 bits per heavy atom. The normalized spacial score (nSPS) is 23.6. The summed E-state index contributed by atoms with van der Waals surface area (Å²) in [6.45, 7) is 2.63. The molecule has 0 N–H and O–H groups in total. The van der Waals surface area contributed by atoms with E-state index in [4.69, 9.17) is 0 Å². The van der Waals surface area contributed by atoms with Crippen LogP contribution in [0.4, 0.5) is 10.5 Å². The fourth-order valence-corrected chi connectivity index (χ4v) is 4.85. The summed E-state index contributed by atoms with van der Waals surface area (Å²) in [7, 11) is 1.76. The quantitative estimate of drug-likeness (QED) is 0.767. The number of amides is 4. The van der Waals surface area contributed by atoms with Gasteiger partial charge in [-0.2, -0.15) is 0 Å². The summed E-state index contributed by atoms with van der Waals surface area (Å²) in [5.41, 5.74) is 1.07. The molecule has 4 rings (SSSR count). The van der Waals surface area contributed by atoms with Crippen LogP contribution in [0.25, 0.3) is 0 Å². The Morgan fingerprint density at radius 2 is 1.78 bits per heavy atom. The number of benzene rings is 1. The second kappa shape index (κ2) is 6.66. The molecular formula is C21H27N3O3.